The highest BCUT2D eigenvalue weighted by molar-refractivity contribution is 5.90. The Morgan fingerprint density at radius 1 is 1.80 bits per heavy atom. The SMILES string of the molecule is C#CC1(N)CCCNC1=O. The van der Waals surface area contributed by atoms with Crippen LogP contribution in [0, 0.1) is 12.3 Å². The Hall–Kier alpha value is -1.01. The maximum absolute atomic E-state index is 11.0. The average molecular weight is 138 g/mol. The number of terminal acetylenes is 1. The predicted molar refractivity (Wildman–Crippen MR) is 38.0 cm³/mol. The van der Waals surface area contributed by atoms with Gasteiger partial charge < -0.3 is 11.1 Å². The van der Waals surface area contributed by atoms with E-state index in [1.165, 1.54) is 0 Å². The summed E-state index contributed by atoms with van der Waals surface area (Å²) in [5, 5.41) is 2.62. The minimum Gasteiger partial charge on any atom is -0.354 e. The average Bonchev–Trinajstić information content (AvgIpc) is 1.96. The lowest BCUT2D eigenvalue weighted by Gasteiger charge is -2.26. The zero-order chi connectivity index (χ0) is 7.61. The van der Waals surface area contributed by atoms with Crippen LogP contribution in [0.3, 0.4) is 0 Å². The molecule has 1 rings (SSSR count). The van der Waals surface area contributed by atoms with Crippen molar-refractivity contribution in [1.29, 1.82) is 0 Å². The van der Waals surface area contributed by atoms with Crippen LogP contribution in [-0.2, 0) is 4.79 Å². The number of hydrogen-bond donors (Lipinski definition) is 2. The van der Waals surface area contributed by atoms with E-state index in [1.54, 1.807) is 0 Å². The van der Waals surface area contributed by atoms with Gasteiger partial charge in [-0.15, -0.1) is 6.42 Å². The van der Waals surface area contributed by atoms with Crippen LogP contribution in [-0.4, -0.2) is 18.0 Å². The molecule has 3 N–H and O–H groups in total. The summed E-state index contributed by atoms with van der Waals surface area (Å²) in [4.78, 5) is 11.0. The summed E-state index contributed by atoms with van der Waals surface area (Å²) < 4.78 is 0. The number of piperidine rings is 1. The maximum atomic E-state index is 11.0. The molecule has 10 heavy (non-hydrogen) atoms. The first-order valence-corrected chi connectivity index (χ1v) is 3.24. The highest BCUT2D eigenvalue weighted by atomic mass is 16.2. The third kappa shape index (κ3) is 0.981. The van der Waals surface area contributed by atoms with Gasteiger partial charge in [0.1, 0.15) is 0 Å². The molecule has 0 saturated carbocycles. The number of rotatable bonds is 0. The second-order valence-corrected chi connectivity index (χ2v) is 2.48. The lowest BCUT2D eigenvalue weighted by Crippen LogP contribution is -2.56. The second kappa shape index (κ2) is 2.31. The molecular formula is C7H10N2O. The minimum atomic E-state index is -1.04. The highest BCUT2D eigenvalue weighted by Gasteiger charge is 2.33. The van der Waals surface area contributed by atoms with E-state index in [4.69, 9.17) is 12.2 Å². The number of carbonyl (C=O) groups excluding carboxylic acids is 1. The Morgan fingerprint density at radius 2 is 2.50 bits per heavy atom. The van der Waals surface area contributed by atoms with E-state index in [0.717, 1.165) is 6.42 Å². The molecular weight excluding hydrogens is 128 g/mol. The molecule has 0 bridgehead atoms. The molecule has 0 aromatic rings. The maximum Gasteiger partial charge on any atom is 0.252 e. The monoisotopic (exact) mass is 138 g/mol. The van der Waals surface area contributed by atoms with Crippen molar-refractivity contribution in [2.75, 3.05) is 6.54 Å². The molecule has 0 aromatic carbocycles. The van der Waals surface area contributed by atoms with E-state index < -0.39 is 5.54 Å². The van der Waals surface area contributed by atoms with Gasteiger partial charge in [0.2, 0.25) is 0 Å². The summed E-state index contributed by atoms with van der Waals surface area (Å²) in [6, 6.07) is 0. The smallest absolute Gasteiger partial charge is 0.252 e. The molecule has 3 nitrogen and oxygen atoms in total. The van der Waals surface area contributed by atoms with E-state index in [2.05, 4.69) is 11.2 Å². The predicted octanol–water partition coefficient (Wildman–Crippen LogP) is -0.773. The Bertz CT molecular complexity index is 194. The van der Waals surface area contributed by atoms with Gasteiger partial charge in [0, 0.05) is 6.54 Å². The van der Waals surface area contributed by atoms with Crippen LogP contribution in [0.1, 0.15) is 12.8 Å². The Balaban J connectivity index is 2.75. The van der Waals surface area contributed by atoms with Gasteiger partial charge in [-0.25, -0.2) is 0 Å². The summed E-state index contributed by atoms with van der Waals surface area (Å²) in [6.07, 6.45) is 6.55. The zero-order valence-electron chi connectivity index (χ0n) is 5.68. The number of carbonyl (C=O) groups is 1. The van der Waals surface area contributed by atoms with Crippen LogP contribution in [0.2, 0.25) is 0 Å². The Labute approximate surface area is 60.0 Å². The quantitative estimate of drug-likeness (QED) is 0.432. The van der Waals surface area contributed by atoms with E-state index in [1.807, 2.05) is 0 Å². The van der Waals surface area contributed by atoms with Gasteiger partial charge in [-0.3, -0.25) is 4.79 Å². The molecule has 54 valence electrons. The van der Waals surface area contributed by atoms with Crippen molar-refractivity contribution in [3.63, 3.8) is 0 Å². The Morgan fingerprint density at radius 3 is 2.90 bits per heavy atom. The van der Waals surface area contributed by atoms with Crippen LogP contribution >= 0.6 is 0 Å². The molecule has 1 atom stereocenters. The number of hydrogen-bond acceptors (Lipinski definition) is 2. The molecule has 1 fully saturated rings. The van der Waals surface area contributed by atoms with Crippen LogP contribution < -0.4 is 11.1 Å². The number of nitrogens with two attached hydrogens (primary N) is 1. The lowest BCUT2D eigenvalue weighted by atomic mass is 9.91. The fourth-order valence-corrected chi connectivity index (χ4v) is 0.978. The third-order valence-electron chi connectivity index (χ3n) is 1.70. The molecule has 1 saturated heterocycles. The summed E-state index contributed by atoms with van der Waals surface area (Å²) >= 11 is 0. The van der Waals surface area contributed by atoms with E-state index in [-0.39, 0.29) is 5.91 Å². The van der Waals surface area contributed by atoms with Gasteiger partial charge in [-0.2, -0.15) is 0 Å². The first-order valence-electron chi connectivity index (χ1n) is 3.24. The molecule has 1 aliphatic rings. The molecule has 0 spiro atoms. The van der Waals surface area contributed by atoms with Gasteiger partial charge in [0.15, 0.2) is 5.54 Å². The fourth-order valence-electron chi connectivity index (χ4n) is 0.978. The van der Waals surface area contributed by atoms with Gasteiger partial charge in [-0.1, -0.05) is 5.92 Å². The zero-order valence-corrected chi connectivity index (χ0v) is 5.68. The molecule has 0 aliphatic carbocycles. The van der Waals surface area contributed by atoms with Crippen molar-refractivity contribution in [2.45, 2.75) is 18.4 Å². The van der Waals surface area contributed by atoms with Crippen molar-refractivity contribution in [3.05, 3.63) is 0 Å². The van der Waals surface area contributed by atoms with E-state index in [0.29, 0.717) is 13.0 Å². The van der Waals surface area contributed by atoms with Crippen LogP contribution in [0.4, 0.5) is 0 Å². The molecule has 1 heterocycles. The molecule has 1 unspecified atom stereocenters. The summed E-state index contributed by atoms with van der Waals surface area (Å²) in [6.45, 7) is 0.694. The van der Waals surface area contributed by atoms with Gasteiger partial charge in [-0.05, 0) is 12.8 Å². The van der Waals surface area contributed by atoms with Crippen molar-refractivity contribution in [1.82, 2.24) is 5.32 Å². The summed E-state index contributed by atoms with van der Waals surface area (Å²) in [5.41, 5.74) is 4.51. The van der Waals surface area contributed by atoms with Crippen LogP contribution in [0.15, 0.2) is 0 Å². The largest absolute Gasteiger partial charge is 0.354 e. The fraction of sp³-hybridized carbons (Fsp3) is 0.571. The first kappa shape index (κ1) is 7.10. The molecule has 1 aliphatic heterocycles. The second-order valence-electron chi connectivity index (χ2n) is 2.48. The van der Waals surface area contributed by atoms with Crippen molar-refractivity contribution in [3.8, 4) is 12.3 Å². The molecule has 0 aromatic heterocycles. The summed E-state index contributed by atoms with van der Waals surface area (Å²) in [5.74, 6) is 2.07. The Kier molecular flexibility index (Phi) is 1.64. The van der Waals surface area contributed by atoms with Crippen molar-refractivity contribution >= 4 is 5.91 Å². The van der Waals surface area contributed by atoms with Crippen LogP contribution in [0.25, 0.3) is 0 Å². The third-order valence-corrected chi connectivity index (χ3v) is 1.70. The highest BCUT2D eigenvalue weighted by Crippen LogP contribution is 2.12. The van der Waals surface area contributed by atoms with Gasteiger partial charge in [0.25, 0.3) is 5.91 Å². The van der Waals surface area contributed by atoms with E-state index >= 15 is 0 Å². The van der Waals surface area contributed by atoms with Crippen molar-refractivity contribution < 1.29 is 4.79 Å². The van der Waals surface area contributed by atoms with Crippen LogP contribution in [0.5, 0.6) is 0 Å². The normalized spacial score (nSPS) is 32.6. The molecule has 0 radical (unpaired) electrons. The standard InChI is InChI=1S/C7H10N2O/c1-2-7(8)4-3-5-9-6(7)10/h1H,3-5,8H2,(H,9,10). The topological polar surface area (TPSA) is 55.1 Å². The molecule has 1 amide bonds. The number of amides is 1. The van der Waals surface area contributed by atoms with E-state index in [9.17, 15) is 4.79 Å². The van der Waals surface area contributed by atoms with Gasteiger partial charge >= 0.3 is 0 Å². The van der Waals surface area contributed by atoms with Crippen molar-refractivity contribution in [2.24, 2.45) is 5.73 Å². The van der Waals surface area contributed by atoms with Gasteiger partial charge in [0.05, 0.1) is 0 Å². The molecule has 3 heteroatoms. The minimum absolute atomic E-state index is 0.221. The summed E-state index contributed by atoms with van der Waals surface area (Å²) in [7, 11) is 0. The number of nitrogens with one attached hydrogen (secondary N) is 1. The lowest BCUT2D eigenvalue weighted by molar-refractivity contribution is -0.125. The first-order chi connectivity index (χ1) is 4.69.